The fourth-order valence-electron chi connectivity index (χ4n) is 3.99. The van der Waals surface area contributed by atoms with Crippen LogP contribution in [-0.2, 0) is 7.05 Å². The van der Waals surface area contributed by atoms with Gasteiger partial charge in [-0.2, -0.15) is 5.10 Å². The highest BCUT2D eigenvalue weighted by molar-refractivity contribution is 5.92. The van der Waals surface area contributed by atoms with Gasteiger partial charge < -0.3 is 9.64 Å². The standard InChI is InChI=1S/C24H28N4O2/c1-19-17-22(26(2)25-19)24(29)28-15-13-27(14-16-28)23(20-9-5-3-6-10-20)18-30-21-11-7-4-8-12-21/h3-12,17,23H,13-16,18H2,1-2H3. The minimum Gasteiger partial charge on any atom is -0.492 e. The molecule has 156 valence electrons. The van der Waals surface area contributed by atoms with E-state index in [0.717, 1.165) is 24.5 Å². The average molecular weight is 405 g/mol. The molecule has 3 aromatic rings. The number of hydrogen-bond acceptors (Lipinski definition) is 4. The summed E-state index contributed by atoms with van der Waals surface area (Å²) in [6.07, 6.45) is 0. The average Bonchev–Trinajstić information content (AvgIpc) is 3.13. The molecule has 2 aromatic carbocycles. The molecule has 0 spiro atoms. The summed E-state index contributed by atoms with van der Waals surface area (Å²) in [5.74, 6) is 0.924. The molecule has 1 unspecified atom stereocenters. The predicted octanol–water partition coefficient (Wildman–Crippen LogP) is 3.31. The van der Waals surface area contributed by atoms with E-state index >= 15 is 0 Å². The number of para-hydroxylation sites is 1. The Labute approximate surface area is 177 Å². The van der Waals surface area contributed by atoms with Crippen LogP contribution in [0.4, 0.5) is 0 Å². The Hall–Kier alpha value is -3.12. The van der Waals surface area contributed by atoms with Crippen LogP contribution in [0.2, 0.25) is 0 Å². The fraction of sp³-hybridized carbons (Fsp3) is 0.333. The minimum absolute atomic E-state index is 0.0505. The highest BCUT2D eigenvalue weighted by Gasteiger charge is 2.29. The molecule has 1 aliphatic rings. The summed E-state index contributed by atoms with van der Waals surface area (Å²) >= 11 is 0. The van der Waals surface area contributed by atoms with Gasteiger partial charge in [0.25, 0.3) is 5.91 Å². The summed E-state index contributed by atoms with van der Waals surface area (Å²) in [5.41, 5.74) is 2.74. The van der Waals surface area contributed by atoms with Gasteiger partial charge in [-0.25, -0.2) is 0 Å². The summed E-state index contributed by atoms with van der Waals surface area (Å²) in [6.45, 7) is 5.48. The van der Waals surface area contributed by atoms with Crippen molar-refractivity contribution in [1.82, 2.24) is 19.6 Å². The van der Waals surface area contributed by atoms with Gasteiger partial charge >= 0.3 is 0 Å². The molecule has 2 heterocycles. The van der Waals surface area contributed by atoms with E-state index in [-0.39, 0.29) is 11.9 Å². The van der Waals surface area contributed by atoms with Crippen molar-refractivity contribution in [1.29, 1.82) is 0 Å². The van der Waals surface area contributed by atoms with Gasteiger partial charge in [0.2, 0.25) is 0 Å². The maximum absolute atomic E-state index is 12.9. The molecule has 1 saturated heterocycles. The zero-order valence-electron chi connectivity index (χ0n) is 17.6. The van der Waals surface area contributed by atoms with Crippen molar-refractivity contribution < 1.29 is 9.53 Å². The van der Waals surface area contributed by atoms with Crippen LogP contribution in [0.1, 0.15) is 27.8 Å². The number of carbonyl (C=O) groups is 1. The first kappa shape index (κ1) is 20.2. The van der Waals surface area contributed by atoms with Crippen LogP contribution in [0.3, 0.4) is 0 Å². The highest BCUT2D eigenvalue weighted by Crippen LogP contribution is 2.24. The van der Waals surface area contributed by atoms with E-state index in [2.05, 4.69) is 34.3 Å². The van der Waals surface area contributed by atoms with Crippen LogP contribution in [-0.4, -0.2) is 58.3 Å². The third-order valence-electron chi connectivity index (χ3n) is 5.60. The van der Waals surface area contributed by atoms with Crippen molar-refractivity contribution in [3.63, 3.8) is 0 Å². The van der Waals surface area contributed by atoms with Crippen LogP contribution in [0.25, 0.3) is 0 Å². The topological polar surface area (TPSA) is 50.6 Å². The SMILES string of the molecule is Cc1cc(C(=O)N2CCN(C(COc3ccccc3)c3ccccc3)CC2)n(C)n1. The van der Waals surface area contributed by atoms with E-state index in [1.54, 1.807) is 4.68 Å². The Morgan fingerprint density at radius 3 is 2.23 bits per heavy atom. The Bertz CT molecular complexity index is 963. The monoisotopic (exact) mass is 404 g/mol. The maximum atomic E-state index is 12.9. The quantitative estimate of drug-likeness (QED) is 0.633. The van der Waals surface area contributed by atoms with E-state index in [0.29, 0.717) is 25.4 Å². The van der Waals surface area contributed by atoms with E-state index < -0.39 is 0 Å². The molecule has 0 aliphatic carbocycles. The van der Waals surface area contributed by atoms with Crippen molar-refractivity contribution in [3.05, 3.63) is 83.7 Å². The third kappa shape index (κ3) is 4.54. The molecule has 1 aliphatic heterocycles. The van der Waals surface area contributed by atoms with Crippen molar-refractivity contribution in [2.45, 2.75) is 13.0 Å². The summed E-state index contributed by atoms with van der Waals surface area (Å²) < 4.78 is 7.78. The first-order valence-corrected chi connectivity index (χ1v) is 10.4. The first-order valence-electron chi connectivity index (χ1n) is 10.4. The predicted molar refractivity (Wildman–Crippen MR) is 117 cm³/mol. The van der Waals surface area contributed by atoms with Crippen LogP contribution < -0.4 is 4.74 Å². The number of piperazine rings is 1. The zero-order chi connectivity index (χ0) is 20.9. The van der Waals surface area contributed by atoms with E-state index in [9.17, 15) is 4.79 Å². The molecule has 0 N–H and O–H groups in total. The number of ether oxygens (including phenoxy) is 1. The van der Waals surface area contributed by atoms with Gasteiger partial charge in [0.05, 0.1) is 11.7 Å². The van der Waals surface area contributed by atoms with Gasteiger partial charge in [0.1, 0.15) is 18.1 Å². The maximum Gasteiger partial charge on any atom is 0.272 e. The lowest BCUT2D eigenvalue weighted by molar-refractivity contribution is 0.0491. The second-order valence-corrected chi connectivity index (χ2v) is 7.67. The lowest BCUT2D eigenvalue weighted by Gasteiger charge is -2.39. The molecule has 1 amide bonds. The molecule has 0 bridgehead atoms. The number of hydrogen-bond donors (Lipinski definition) is 0. The largest absolute Gasteiger partial charge is 0.492 e. The second kappa shape index (κ2) is 9.13. The van der Waals surface area contributed by atoms with E-state index in [4.69, 9.17) is 4.74 Å². The lowest BCUT2D eigenvalue weighted by atomic mass is 10.0. The van der Waals surface area contributed by atoms with Gasteiger partial charge in [0.15, 0.2) is 0 Å². The zero-order valence-corrected chi connectivity index (χ0v) is 17.6. The van der Waals surface area contributed by atoms with Crippen molar-refractivity contribution in [3.8, 4) is 5.75 Å². The second-order valence-electron chi connectivity index (χ2n) is 7.67. The van der Waals surface area contributed by atoms with E-state index in [1.165, 1.54) is 5.56 Å². The minimum atomic E-state index is 0.0505. The Balaban J connectivity index is 1.43. The van der Waals surface area contributed by atoms with Crippen molar-refractivity contribution in [2.75, 3.05) is 32.8 Å². The summed E-state index contributed by atoms with van der Waals surface area (Å²) in [4.78, 5) is 17.2. The van der Waals surface area contributed by atoms with E-state index in [1.807, 2.05) is 61.3 Å². The Morgan fingerprint density at radius 1 is 1.00 bits per heavy atom. The van der Waals surface area contributed by atoms with Crippen molar-refractivity contribution >= 4 is 5.91 Å². The molecular weight excluding hydrogens is 376 g/mol. The number of amides is 1. The molecule has 0 saturated carbocycles. The molecule has 30 heavy (non-hydrogen) atoms. The number of nitrogens with zero attached hydrogens (tertiary/aromatic N) is 4. The Kier molecular flexibility index (Phi) is 6.14. The molecule has 4 rings (SSSR count). The molecule has 1 aromatic heterocycles. The fourth-order valence-corrected chi connectivity index (χ4v) is 3.99. The van der Waals surface area contributed by atoms with Gasteiger partial charge in [0, 0.05) is 33.2 Å². The van der Waals surface area contributed by atoms with Gasteiger partial charge in [-0.15, -0.1) is 0 Å². The van der Waals surface area contributed by atoms with Crippen molar-refractivity contribution in [2.24, 2.45) is 7.05 Å². The summed E-state index contributed by atoms with van der Waals surface area (Å²) in [7, 11) is 1.82. The Morgan fingerprint density at radius 2 is 1.63 bits per heavy atom. The summed E-state index contributed by atoms with van der Waals surface area (Å²) in [6, 6.07) is 22.4. The van der Waals surface area contributed by atoms with Gasteiger partial charge in [-0.3, -0.25) is 14.4 Å². The number of carbonyl (C=O) groups excluding carboxylic acids is 1. The number of aromatic nitrogens is 2. The normalized spacial score (nSPS) is 15.7. The molecule has 6 nitrogen and oxygen atoms in total. The first-order chi connectivity index (χ1) is 14.6. The van der Waals surface area contributed by atoms with Gasteiger partial charge in [-0.05, 0) is 30.7 Å². The number of rotatable bonds is 6. The van der Waals surface area contributed by atoms with Gasteiger partial charge in [-0.1, -0.05) is 48.5 Å². The third-order valence-corrected chi connectivity index (χ3v) is 5.60. The van der Waals surface area contributed by atoms with Crippen LogP contribution in [0, 0.1) is 6.92 Å². The highest BCUT2D eigenvalue weighted by atomic mass is 16.5. The molecular formula is C24H28N4O2. The lowest BCUT2D eigenvalue weighted by Crippen LogP contribution is -2.50. The van der Waals surface area contributed by atoms with Crippen LogP contribution in [0.15, 0.2) is 66.7 Å². The molecule has 1 fully saturated rings. The van der Waals surface area contributed by atoms with Crippen LogP contribution >= 0.6 is 0 Å². The number of aryl methyl sites for hydroxylation is 2. The molecule has 1 atom stereocenters. The smallest absolute Gasteiger partial charge is 0.272 e. The summed E-state index contributed by atoms with van der Waals surface area (Å²) in [5, 5.41) is 4.31. The molecule has 6 heteroatoms. The van der Waals surface area contributed by atoms with Crippen LogP contribution in [0.5, 0.6) is 5.75 Å². The molecule has 0 radical (unpaired) electrons. The number of benzene rings is 2.